The lowest BCUT2D eigenvalue weighted by molar-refractivity contribution is 0.0938. The van der Waals surface area contributed by atoms with Crippen LogP contribution in [0.3, 0.4) is 0 Å². The maximum atomic E-state index is 11.7. The van der Waals surface area contributed by atoms with Crippen LogP contribution in [-0.4, -0.2) is 17.3 Å². The highest BCUT2D eigenvalue weighted by Crippen LogP contribution is 2.25. The summed E-state index contributed by atoms with van der Waals surface area (Å²) in [7, 11) is 0. The highest BCUT2D eigenvalue weighted by atomic mass is 35.5. The van der Waals surface area contributed by atoms with E-state index >= 15 is 0 Å². The predicted molar refractivity (Wildman–Crippen MR) is 58.5 cm³/mol. The third-order valence-corrected chi connectivity index (χ3v) is 3.43. The van der Waals surface area contributed by atoms with Crippen molar-refractivity contribution in [3.05, 3.63) is 23.1 Å². The Morgan fingerprint density at radius 3 is 2.87 bits per heavy atom. The second-order valence-electron chi connectivity index (χ2n) is 3.63. The summed E-state index contributed by atoms with van der Waals surface area (Å²) in [5, 5.41) is 3.01. The van der Waals surface area contributed by atoms with Gasteiger partial charge in [-0.1, -0.05) is 0 Å². The van der Waals surface area contributed by atoms with Crippen molar-refractivity contribution in [3.8, 4) is 0 Å². The van der Waals surface area contributed by atoms with E-state index in [0.29, 0.717) is 5.56 Å². The molecule has 2 rings (SSSR count). The van der Waals surface area contributed by atoms with Gasteiger partial charge in [0.2, 0.25) is 5.22 Å². The maximum Gasteiger partial charge on any atom is 0.256 e. The summed E-state index contributed by atoms with van der Waals surface area (Å²) in [4.78, 5) is 11.7. The molecule has 1 aromatic heterocycles. The van der Waals surface area contributed by atoms with Gasteiger partial charge in [-0.25, -0.2) is 0 Å². The third-order valence-electron chi connectivity index (χ3n) is 2.61. The van der Waals surface area contributed by atoms with Crippen molar-refractivity contribution in [1.82, 2.24) is 5.32 Å². The molecule has 1 fully saturated rings. The van der Waals surface area contributed by atoms with E-state index in [2.05, 4.69) is 5.32 Å². The molecule has 5 heteroatoms. The molecule has 0 aromatic carbocycles. The molecule has 2 unspecified atom stereocenters. The summed E-state index contributed by atoms with van der Waals surface area (Å²) in [5.41, 5.74) is 0.368. The number of alkyl halides is 1. The van der Waals surface area contributed by atoms with Crippen molar-refractivity contribution in [2.45, 2.75) is 30.7 Å². The Bertz CT molecular complexity index is 364. The lowest BCUT2D eigenvalue weighted by Crippen LogP contribution is -2.37. The minimum atomic E-state index is -0.216. The number of hydrogen-bond donors (Lipinski definition) is 1. The number of carbonyl (C=O) groups is 1. The van der Waals surface area contributed by atoms with E-state index in [4.69, 9.17) is 27.6 Å². The van der Waals surface area contributed by atoms with Gasteiger partial charge < -0.3 is 9.73 Å². The number of nitrogens with one attached hydrogen (secondary N) is 1. The van der Waals surface area contributed by atoms with Crippen LogP contribution in [0.2, 0.25) is 5.22 Å². The van der Waals surface area contributed by atoms with Gasteiger partial charge in [0.05, 0.1) is 17.2 Å². The minimum absolute atomic E-state index is 0.0274. The smallest absolute Gasteiger partial charge is 0.256 e. The summed E-state index contributed by atoms with van der Waals surface area (Å²) in [6, 6.07) is 1.60. The molecule has 0 aliphatic heterocycles. The van der Waals surface area contributed by atoms with Crippen molar-refractivity contribution in [2.24, 2.45) is 0 Å². The monoisotopic (exact) mass is 247 g/mol. The fourth-order valence-corrected chi connectivity index (χ4v) is 2.32. The molecule has 1 heterocycles. The van der Waals surface area contributed by atoms with E-state index in [-0.39, 0.29) is 22.5 Å². The molecule has 1 aliphatic rings. The number of halogens is 2. The molecule has 1 aliphatic carbocycles. The third kappa shape index (κ3) is 2.29. The van der Waals surface area contributed by atoms with E-state index in [9.17, 15) is 4.79 Å². The summed E-state index contributed by atoms with van der Waals surface area (Å²) in [5.74, 6) is -0.216. The Balaban J connectivity index is 2.01. The van der Waals surface area contributed by atoms with Crippen molar-refractivity contribution in [2.75, 3.05) is 0 Å². The van der Waals surface area contributed by atoms with Crippen LogP contribution in [0.4, 0.5) is 0 Å². The fourth-order valence-electron chi connectivity index (χ4n) is 1.78. The summed E-state index contributed by atoms with van der Waals surface area (Å²) < 4.78 is 4.85. The van der Waals surface area contributed by atoms with Gasteiger partial charge in [0.15, 0.2) is 0 Å². The van der Waals surface area contributed by atoms with Gasteiger partial charge in [0.25, 0.3) is 5.91 Å². The van der Waals surface area contributed by atoms with Crippen LogP contribution in [0, 0.1) is 0 Å². The number of rotatable bonds is 2. The highest BCUT2D eigenvalue weighted by molar-refractivity contribution is 6.32. The van der Waals surface area contributed by atoms with Crippen LogP contribution in [0.1, 0.15) is 29.6 Å². The standard InChI is InChI=1S/C10H11Cl2NO2/c11-7-2-1-3-8(7)13-10(14)6-4-5-15-9(6)12/h4-5,7-8H,1-3H2,(H,13,14). The Kier molecular flexibility index (Phi) is 3.22. The molecule has 0 saturated heterocycles. The Hall–Kier alpha value is -0.670. The first-order chi connectivity index (χ1) is 7.18. The van der Waals surface area contributed by atoms with Gasteiger partial charge >= 0.3 is 0 Å². The highest BCUT2D eigenvalue weighted by Gasteiger charge is 2.27. The molecule has 3 nitrogen and oxygen atoms in total. The van der Waals surface area contributed by atoms with E-state index in [1.165, 1.54) is 6.26 Å². The molecule has 2 atom stereocenters. The van der Waals surface area contributed by atoms with Crippen LogP contribution in [-0.2, 0) is 0 Å². The van der Waals surface area contributed by atoms with Crippen LogP contribution in [0.15, 0.2) is 16.7 Å². The zero-order chi connectivity index (χ0) is 10.8. The largest absolute Gasteiger partial charge is 0.452 e. The van der Waals surface area contributed by atoms with Gasteiger partial charge in [0, 0.05) is 6.04 Å². The quantitative estimate of drug-likeness (QED) is 0.817. The molecule has 0 radical (unpaired) electrons. The average molecular weight is 248 g/mol. The van der Waals surface area contributed by atoms with E-state index in [0.717, 1.165) is 19.3 Å². The van der Waals surface area contributed by atoms with Crippen LogP contribution >= 0.6 is 23.2 Å². The molecule has 1 N–H and O–H groups in total. The first kappa shape index (κ1) is 10.8. The van der Waals surface area contributed by atoms with E-state index < -0.39 is 0 Å². The molecule has 1 amide bonds. The normalized spacial score (nSPS) is 25.5. The maximum absolute atomic E-state index is 11.7. The molecule has 15 heavy (non-hydrogen) atoms. The topological polar surface area (TPSA) is 42.2 Å². The van der Waals surface area contributed by atoms with Crippen molar-refractivity contribution in [1.29, 1.82) is 0 Å². The lowest BCUT2D eigenvalue weighted by atomic mass is 10.2. The number of amides is 1. The average Bonchev–Trinajstić information content (AvgIpc) is 2.76. The van der Waals surface area contributed by atoms with Gasteiger partial charge in [-0.15, -0.1) is 11.6 Å². The first-order valence-electron chi connectivity index (χ1n) is 4.86. The predicted octanol–water partition coefficient (Wildman–Crippen LogP) is 2.82. The fraction of sp³-hybridized carbons (Fsp3) is 0.500. The Morgan fingerprint density at radius 1 is 1.53 bits per heavy atom. The van der Waals surface area contributed by atoms with Crippen LogP contribution in [0.25, 0.3) is 0 Å². The SMILES string of the molecule is O=C(NC1CCCC1Cl)c1ccoc1Cl. The van der Waals surface area contributed by atoms with Crippen molar-refractivity contribution < 1.29 is 9.21 Å². The van der Waals surface area contributed by atoms with Crippen molar-refractivity contribution >= 4 is 29.1 Å². The van der Waals surface area contributed by atoms with Gasteiger partial charge in [0.1, 0.15) is 0 Å². The number of hydrogen-bond acceptors (Lipinski definition) is 2. The van der Waals surface area contributed by atoms with Crippen molar-refractivity contribution in [3.63, 3.8) is 0 Å². The minimum Gasteiger partial charge on any atom is -0.452 e. The zero-order valence-corrected chi connectivity index (χ0v) is 9.52. The van der Waals surface area contributed by atoms with Gasteiger partial charge in [-0.3, -0.25) is 4.79 Å². The number of carbonyl (C=O) groups excluding carboxylic acids is 1. The van der Waals surface area contributed by atoms with E-state index in [1.54, 1.807) is 6.07 Å². The van der Waals surface area contributed by atoms with Crippen LogP contribution < -0.4 is 5.32 Å². The van der Waals surface area contributed by atoms with Gasteiger partial charge in [-0.05, 0) is 36.9 Å². The lowest BCUT2D eigenvalue weighted by Gasteiger charge is -2.14. The molecular weight excluding hydrogens is 237 g/mol. The summed E-state index contributed by atoms with van der Waals surface area (Å²) in [6.07, 6.45) is 4.32. The Labute approximate surface area is 97.7 Å². The molecular formula is C10H11Cl2NO2. The molecule has 82 valence electrons. The molecule has 1 saturated carbocycles. The summed E-state index contributed by atoms with van der Waals surface area (Å²) >= 11 is 11.7. The number of furan rings is 1. The molecule has 1 aromatic rings. The second kappa shape index (κ2) is 4.45. The Morgan fingerprint density at radius 2 is 2.33 bits per heavy atom. The summed E-state index contributed by atoms with van der Waals surface area (Å²) in [6.45, 7) is 0. The molecule has 0 bridgehead atoms. The first-order valence-corrected chi connectivity index (χ1v) is 5.68. The van der Waals surface area contributed by atoms with E-state index in [1.807, 2.05) is 0 Å². The van der Waals surface area contributed by atoms with Gasteiger partial charge in [-0.2, -0.15) is 0 Å². The van der Waals surface area contributed by atoms with Crippen LogP contribution in [0.5, 0.6) is 0 Å². The molecule has 0 spiro atoms. The zero-order valence-electron chi connectivity index (χ0n) is 8.00. The second-order valence-corrected chi connectivity index (χ2v) is 4.54.